The molecule has 0 aromatic carbocycles. The van der Waals surface area contributed by atoms with Gasteiger partial charge in [0.05, 0.1) is 11.8 Å². The van der Waals surface area contributed by atoms with E-state index in [-0.39, 0.29) is 11.3 Å². The molecule has 2 rings (SSSR count). The maximum atomic E-state index is 12.9. The first-order valence-corrected chi connectivity index (χ1v) is 4.64. The predicted molar refractivity (Wildman–Crippen MR) is 47.4 cm³/mol. The van der Waals surface area contributed by atoms with E-state index < -0.39 is 35.6 Å². The fourth-order valence-corrected chi connectivity index (χ4v) is 1.60. The Hall–Kier alpha value is -1.86. The minimum Gasteiger partial charge on any atom is -0.506 e. The van der Waals surface area contributed by atoms with Crippen molar-refractivity contribution in [2.24, 2.45) is 0 Å². The quantitative estimate of drug-likeness (QED) is 0.484. The van der Waals surface area contributed by atoms with Crippen LogP contribution in [0.3, 0.4) is 0 Å². The summed E-state index contributed by atoms with van der Waals surface area (Å²) in [6, 6.07) is 1.26. The van der Waals surface area contributed by atoms with Crippen LogP contribution in [0.15, 0.2) is 28.1 Å². The number of alkyl halides is 5. The standard InChI is InChI=1S/C10H5F5O3/c11-9(12,10(13,14)15)8(17)5-3-4-1-2-18-7(4)6(5)16/h1-2,17H,3H2/b8-5-. The van der Waals surface area contributed by atoms with Crippen molar-refractivity contribution < 1.29 is 36.3 Å². The van der Waals surface area contributed by atoms with Crippen LogP contribution in [0.5, 0.6) is 0 Å². The SMILES string of the molecule is O=C1/C(=C(\O)C(F)(F)C(F)(F)F)Cc2ccoc21. The summed E-state index contributed by atoms with van der Waals surface area (Å²) in [4.78, 5) is 11.5. The molecular weight excluding hydrogens is 263 g/mol. The van der Waals surface area contributed by atoms with Crippen LogP contribution < -0.4 is 0 Å². The van der Waals surface area contributed by atoms with Gasteiger partial charge in [-0.1, -0.05) is 0 Å². The molecular formula is C10H5F5O3. The van der Waals surface area contributed by atoms with Crippen molar-refractivity contribution in [2.45, 2.75) is 18.5 Å². The number of ketones is 1. The summed E-state index contributed by atoms with van der Waals surface area (Å²) < 4.78 is 66.5. The molecule has 1 aromatic rings. The molecule has 1 N–H and O–H groups in total. The van der Waals surface area contributed by atoms with Gasteiger partial charge in [0.15, 0.2) is 11.5 Å². The van der Waals surface area contributed by atoms with Gasteiger partial charge in [0.25, 0.3) is 0 Å². The minimum atomic E-state index is -5.96. The van der Waals surface area contributed by atoms with Crippen molar-refractivity contribution in [3.63, 3.8) is 0 Å². The van der Waals surface area contributed by atoms with Crippen LogP contribution in [0.4, 0.5) is 22.0 Å². The molecule has 8 heteroatoms. The Morgan fingerprint density at radius 1 is 1.28 bits per heavy atom. The lowest BCUT2D eigenvalue weighted by molar-refractivity contribution is -0.274. The lowest BCUT2D eigenvalue weighted by atomic mass is 10.1. The fraction of sp³-hybridized carbons (Fsp3) is 0.300. The summed E-state index contributed by atoms with van der Waals surface area (Å²) in [5.74, 6) is -9.21. The zero-order chi connectivity index (χ0) is 13.7. The van der Waals surface area contributed by atoms with Gasteiger partial charge >= 0.3 is 12.1 Å². The van der Waals surface area contributed by atoms with Crippen molar-refractivity contribution >= 4 is 5.78 Å². The summed E-state index contributed by atoms with van der Waals surface area (Å²) in [6.45, 7) is 0. The van der Waals surface area contributed by atoms with Crippen LogP contribution in [-0.4, -0.2) is 23.0 Å². The first-order valence-electron chi connectivity index (χ1n) is 4.64. The molecule has 0 amide bonds. The molecule has 0 saturated carbocycles. The van der Waals surface area contributed by atoms with E-state index in [0.717, 1.165) is 6.26 Å². The second kappa shape index (κ2) is 3.56. The molecule has 98 valence electrons. The van der Waals surface area contributed by atoms with E-state index in [1.54, 1.807) is 0 Å². The smallest absolute Gasteiger partial charge is 0.461 e. The van der Waals surface area contributed by atoms with E-state index in [4.69, 9.17) is 5.11 Å². The number of halogens is 5. The zero-order valence-corrected chi connectivity index (χ0v) is 8.52. The summed E-state index contributed by atoms with van der Waals surface area (Å²) in [6.07, 6.45) is -5.37. The number of carbonyl (C=O) groups excluding carboxylic acids is 1. The van der Waals surface area contributed by atoms with Gasteiger partial charge in [0.2, 0.25) is 5.78 Å². The van der Waals surface area contributed by atoms with E-state index in [0.29, 0.717) is 0 Å². The number of hydrogen-bond donors (Lipinski definition) is 1. The first kappa shape index (κ1) is 12.6. The molecule has 1 aliphatic rings. The molecule has 18 heavy (non-hydrogen) atoms. The Morgan fingerprint density at radius 3 is 2.39 bits per heavy atom. The Balaban J connectivity index is 2.47. The van der Waals surface area contributed by atoms with E-state index in [9.17, 15) is 26.7 Å². The Morgan fingerprint density at radius 2 is 1.89 bits per heavy atom. The summed E-state index contributed by atoms with van der Waals surface area (Å²) in [7, 11) is 0. The molecule has 1 aliphatic carbocycles. The molecule has 3 nitrogen and oxygen atoms in total. The minimum absolute atomic E-state index is 0.166. The average molecular weight is 268 g/mol. The predicted octanol–water partition coefficient (Wildman–Crippen LogP) is 3.03. The van der Waals surface area contributed by atoms with Gasteiger partial charge in [0.1, 0.15) is 0 Å². The van der Waals surface area contributed by atoms with Crippen molar-refractivity contribution in [3.8, 4) is 0 Å². The highest BCUT2D eigenvalue weighted by Gasteiger charge is 2.62. The van der Waals surface area contributed by atoms with E-state index >= 15 is 0 Å². The van der Waals surface area contributed by atoms with Gasteiger partial charge in [-0.25, -0.2) is 0 Å². The normalized spacial score (nSPS) is 19.1. The molecule has 0 fully saturated rings. The molecule has 0 atom stereocenters. The molecule has 1 heterocycles. The van der Waals surface area contributed by atoms with Gasteiger partial charge in [-0.2, -0.15) is 22.0 Å². The van der Waals surface area contributed by atoms with Crippen LogP contribution >= 0.6 is 0 Å². The van der Waals surface area contributed by atoms with E-state index in [2.05, 4.69) is 4.42 Å². The molecule has 0 radical (unpaired) electrons. The number of aliphatic hydroxyl groups excluding tert-OH is 1. The average Bonchev–Trinajstić information content (AvgIpc) is 2.79. The van der Waals surface area contributed by atoms with Gasteiger partial charge < -0.3 is 9.52 Å². The van der Waals surface area contributed by atoms with Crippen LogP contribution in [0.2, 0.25) is 0 Å². The monoisotopic (exact) mass is 268 g/mol. The highest BCUT2D eigenvalue weighted by atomic mass is 19.4. The largest absolute Gasteiger partial charge is 0.506 e. The molecule has 0 unspecified atom stereocenters. The zero-order valence-electron chi connectivity index (χ0n) is 8.52. The molecule has 0 bridgehead atoms. The number of aliphatic hydroxyl groups is 1. The maximum Gasteiger partial charge on any atom is 0.461 e. The van der Waals surface area contributed by atoms with Crippen molar-refractivity contribution in [3.05, 3.63) is 35.0 Å². The number of furan rings is 1. The van der Waals surface area contributed by atoms with Crippen molar-refractivity contribution in [1.29, 1.82) is 0 Å². The summed E-state index contributed by atoms with van der Waals surface area (Å²) >= 11 is 0. The fourth-order valence-electron chi connectivity index (χ4n) is 1.60. The number of allylic oxidation sites excluding steroid dienone is 2. The van der Waals surface area contributed by atoms with Gasteiger partial charge in [-0.15, -0.1) is 0 Å². The number of carbonyl (C=O) groups is 1. The Labute approximate surface area is 96.5 Å². The van der Waals surface area contributed by atoms with E-state index in [1.807, 2.05) is 0 Å². The maximum absolute atomic E-state index is 12.9. The molecule has 0 aliphatic heterocycles. The molecule has 1 aromatic heterocycles. The number of hydrogen-bond acceptors (Lipinski definition) is 3. The van der Waals surface area contributed by atoms with Gasteiger partial charge in [-0.3, -0.25) is 4.79 Å². The van der Waals surface area contributed by atoms with Crippen molar-refractivity contribution in [1.82, 2.24) is 0 Å². The second-order valence-electron chi connectivity index (χ2n) is 3.68. The lowest BCUT2D eigenvalue weighted by Crippen LogP contribution is -2.39. The number of fused-ring (bicyclic) bond motifs is 1. The highest BCUT2D eigenvalue weighted by molar-refractivity contribution is 6.11. The Kier molecular flexibility index (Phi) is 2.49. The van der Waals surface area contributed by atoms with Crippen LogP contribution in [0, 0.1) is 0 Å². The number of Topliss-reactive ketones (excluding diaryl/α,β-unsaturated/α-hetero) is 1. The van der Waals surface area contributed by atoms with Crippen LogP contribution in [-0.2, 0) is 6.42 Å². The molecule has 0 saturated heterocycles. The molecule has 0 spiro atoms. The third kappa shape index (κ3) is 1.59. The topological polar surface area (TPSA) is 50.4 Å². The summed E-state index contributed by atoms with van der Waals surface area (Å²) in [5, 5.41) is 9.02. The van der Waals surface area contributed by atoms with Crippen LogP contribution in [0.25, 0.3) is 0 Å². The van der Waals surface area contributed by atoms with Crippen molar-refractivity contribution in [2.75, 3.05) is 0 Å². The third-order valence-electron chi connectivity index (χ3n) is 2.53. The van der Waals surface area contributed by atoms with E-state index in [1.165, 1.54) is 6.07 Å². The second-order valence-corrected chi connectivity index (χ2v) is 3.68. The lowest BCUT2D eigenvalue weighted by Gasteiger charge is -2.19. The first-order chi connectivity index (χ1) is 8.16. The summed E-state index contributed by atoms with van der Waals surface area (Å²) in [5.41, 5.74) is -0.828. The highest BCUT2D eigenvalue weighted by Crippen LogP contribution is 2.43. The number of rotatable bonds is 1. The van der Waals surface area contributed by atoms with Gasteiger partial charge in [-0.05, 0) is 6.07 Å². The van der Waals surface area contributed by atoms with Gasteiger partial charge in [0, 0.05) is 12.0 Å². The Bertz CT molecular complexity index is 538. The third-order valence-corrected chi connectivity index (χ3v) is 2.53. The van der Waals surface area contributed by atoms with Crippen LogP contribution in [0.1, 0.15) is 16.1 Å².